The van der Waals surface area contributed by atoms with Gasteiger partial charge in [-0.15, -0.1) is 0 Å². The molecule has 0 atom stereocenters. The van der Waals surface area contributed by atoms with Crippen LogP contribution in [-0.2, 0) is 11.2 Å². The molecule has 30 heavy (non-hydrogen) atoms. The third-order valence-corrected chi connectivity index (χ3v) is 4.51. The van der Waals surface area contributed by atoms with Gasteiger partial charge in [-0.2, -0.15) is 0 Å². The molecule has 0 aliphatic rings. The second-order valence-corrected chi connectivity index (χ2v) is 6.73. The van der Waals surface area contributed by atoms with Crippen molar-refractivity contribution in [3.63, 3.8) is 0 Å². The summed E-state index contributed by atoms with van der Waals surface area (Å²) in [5, 5.41) is 7.17. The summed E-state index contributed by atoms with van der Waals surface area (Å²) in [5.41, 5.74) is 1.93. The molecule has 0 aliphatic heterocycles. The zero-order chi connectivity index (χ0) is 21.1. The van der Waals surface area contributed by atoms with E-state index in [9.17, 15) is 13.6 Å². The van der Waals surface area contributed by atoms with Gasteiger partial charge in [-0.25, -0.2) is 18.7 Å². The Kier molecular flexibility index (Phi) is 5.49. The van der Waals surface area contributed by atoms with Gasteiger partial charge in [0.1, 0.15) is 23.7 Å². The Hall–Kier alpha value is -3.65. The fourth-order valence-electron chi connectivity index (χ4n) is 2.88. The van der Waals surface area contributed by atoms with Crippen LogP contribution in [0.2, 0.25) is 5.02 Å². The molecule has 6 nitrogen and oxygen atoms in total. The van der Waals surface area contributed by atoms with Crippen LogP contribution in [0.5, 0.6) is 0 Å². The smallest absolute Gasteiger partial charge is 0.241 e. The van der Waals surface area contributed by atoms with Crippen LogP contribution >= 0.6 is 11.6 Å². The molecule has 150 valence electrons. The van der Waals surface area contributed by atoms with Crippen LogP contribution in [0.25, 0.3) is 22.5 Å². The highest BCUT2D eigenvalue weighted by atomic mass is 35.5. The van der Waals surface area contributed by atoms with E-state index in [4.69, 9.17) is 16.1 Å². The quantitative estimate of drug-likeness (QED) is 0.490. The van der Waals surface area contributed by atoms with E-state index in [-0.39, 0.29) is 17.9 Å². The highest BCUT2D eigenvalue weighted by Crippen LogP contribution is 2.37. The lowest BCUT2D eigenvalue weighted by atomic mass is 10.0. The first-order valence-electron chi connectivity index (χ1n) is 8.77. The number of amides is 1. The van der Waals surface area contributed by atoms with Crippen LogP contribution in [-0.4, -0.2) is 21.0 Å². The van der Waals surface area contributed by atoms with Gasteiger partial charge in [0.2, 0.25) is 11.8 Å². The summed E-state index contributed by atoms with van der Waals surface area (Å²) in [7, 11) is 0. The molecule has 4 rings (SSSR count). The molecule has 2 aromatic carbocycles. The Morgan fingerprint density at radius 1 is 1.10 bits per heavy atom. The van der Waals surface area contributed by atoms with E-state index in [1.807, 2.05) is 0 Å². The molecule has 0 saturated heterocycles. The number of halogens is 3. The van der Waals surface area contributed by atoms with Gasteiger partial charge in [-0.3, -0.25) is 10.1 Å². The lowest BCUT2D eigenvalue weighted by Gasteiger charge is -2.06. The lowest BCUT2D eigenvalue weighted by Crippen LogP contribution is -2.15. The highest BCUT2D eigenvalue weighted by Gasteiger charge is 2.22. The van der Waals surface area contributed by atoms with E-state index in [1.54, 1.807) is 30.3 Å². The number of rotatable bonds is 5. The van der Waals surface area contributed by atoms with Gasteiger partial charge in [-0.05, 0) is 36.4 Å². The monoisotopic (exact) mass is 426 g/mol. The van der Waals surface area contributed by atoms with Crippen molar-refractivity contribution in [2.75, 3.05) is 5.32 Å². The molecule has 0 bridgehead atoms. The molecular weight excluding hydrogens is 414 g/mol. The fourth-order valence-corrected chi connectivity index (χ4v) is 3.01. The molecule has 0 saturated carbocycles. The zero-order valence-corrected chi connectivity index (χ0v) is 16.0. The third kappa shape index (κ3) is 4.18. The third-order valence-electron chi connectivity index (χ3n) is 4.26. The fraction of sp³-hybridized carbons (Fsp3) is 0.0476. The van der Waals surface area contributed by atoms with Gasteiger partial charge in [0, 0.05) is 22.3 Å². The molecule has 0 spiro atoms. The Balaban J connectivity index is 1.68. The molecule has 1 amide bonds. The van der Waals surface area contributed by atoms with Gasteiger partial charge in [0.15, 0.2) is 0 Å². The molecule has 2 aromatic heterocycles. The molecule has 0 unspecified atom stereocenters. The molecule has 0 radical (unpaired) electrons. The first-order valence-corrected chi connectivity index (χ1v) is 9.15. The van der Waals surface area contributed by atoms with Gasteiger partial charge in [0.05, 0.1) is 17.7 Å². The number of nitrogens with one attached hydrogen (secondary N) is 1. The van der Waals surface area contributed by atoms with Crippen molar-refractivity contribution in [2.45, 2.75) is 6.42 Å². The van der Waals surface area contributed by atoms with E-state index in [0.717, 1.165) is 18.2 Å². The van der Waals surface area contributed by atoms with E-state index in [0.29, 0.717) is 27.5 Å². The standard InChI is InChI=1S/C21H13ClF2N4O2/c22-14-3-1-12(2-4-14)20-19(17-7-8-25-11-26-17)21(30-28-20)27-18(29)10-13-9-15(23)5-6-16(13)24/h1-9,11H,10H2,(H,27,29). The van der Waals surface area contributed by atoms with E-state index in [1.165, 1.54) is 12.5 Å². The van der Waals surface area contributed by atoms with Crippen LogP contribution < -0.4 is 5.32 Å². The van der Waals surface area contributed by atoms with Crippen LogP contribution in [0, 0.1) is 11.6 Å². The summed E-state index contributed by atoms with van der Waals surface area (Å²) >= 11 is 5.95. The molecule has 1 N–H and O–H groups in total. The minimum atomic E-state index is -0.679. The predicted octanol–water partition coefficient (Wildman–Crippen LogP) is 4.91. The number of aromatic nitrogens is 3. The van der Waals surface area contributed by atoms with Gasteiger partial charge >= 0.3 is 0 Å². The van der Waals surface area contributed by atoms with Crippen molar-refractivity contribution in [3.05, 3.63) is 83.3 Å². The lowest BCUT2D eigenvalue weighted by molar-refractivity contribution is -0.115. The minimum absolute atomic E-state index is 0.0282. The van der Waals surface area contributed by atoms with Gasteiger partial charge in [-0.1, -0.05) is 28.9 Å². The summed E-state index contributed by atoms with van der Waals surface area (Å²) in [6.07, 6.45) is 2.50. The zero-order valence-electron chi connectivity index (χ0n) is 15.3. The number of carbonyl (C=O) groups excluding carboxylic acids is 1. The number of hydrogen-bond acceptors (Lipinski definition) is 5. The van der Waals surface area contributed by atoms with Crippen molar-refractivity contribution >= 4 is 23.4 Å². The maximum Gasteiger partial charge on any atom is 0.241 e. The van der Waals surface area contributed by atoms with Crippen molar-refractivity contribution in [3.8, 4) is 22.5 Å². The molecule has 0 fully saturated rings. The molecule has 2 heterocycles. The van der Waals surface area contributed by atoms with Crippen LogP contribution in [0.3, 0.4) is 0 Å². The van der Waals surface area contributed by atoms with Crippen molar-refractivity contribution in [1.82, 2.24) is 15.1 Å². The van der Waals surface area contributed by atoms with Crippen molar-refractivity contribution < 1.29 is 18.1 Å². The van der Waals surface area contributed by atoms with E-state index >= 15 is 0 Å². The number of hydrogen-bond donors (Lipinski definition) is 1. The number of nitrogens with zero attached hydrogens (tertiary/aromatic N) is 3. The number of carbonyl (C=O) groups is 1. The Morgan fingerprint density at radius 3 is 2.63 bits per heavy atom. The second-order valence-electron chi connectivity index (χ2n) is 6.30. The topological polar surface area (TPSA) is 80.9 Å². The Bertz CT molecular complexity index is 1200. The average Bonchev–Trinajstić information content (AvgIpc) is 3.15. The van der Waals surface area contributed by atoms with E-state index < -0.39 is 17.5 Å². The van der Waals surface area contributed by atoms with Crippen LogP contribution in [0.1, 0.15) is 5.56 Å². The summed E-state index contributed by atoms with van der Waals surface area (Å²) in [6.45, 7) is 0. The highest BCUT2D eigenvalue weighted by molar-refractivity contribution is 6.30. The van der Waals surface area contributed by atoms with Crippen LogP contribution in [0.15, 0.2) is 65.6 Å². The summed E-state index contributed by atoms with van der Waals surface area (Å²) in [4.78, 5) is 20.6. The van der Waals surface area contributed by atoms with E-state index in [2.05, 4.69) is 20.4 Å². The van der Waals surface area contributed by atoms with Gasteiger partial charge in [0.25, 0.3) is 0 Å². The number of benzene rings is 2. The Morgan fingerprint density at radius 2 is 1.90 bits per heavy atom. The minimum Gasteiger partial charge on any atom is -0.337 e. The molecule has 9 heteroatoms. The van der Waals surface area contributed by atoms with Crippen molar-refractivity contribution in [1.29, 1.82) is 0 Å². The Labute approximate surface area is 174 Å². The maximum absolute atomic E-state index is 13.9. The maximum atomic E-state index is 13.9. The summed E-state index contributed by atoms with van der Waals surface area (Å²) in [6, 6.07) is 11.4. The van der Waals surface area contributed by atoms with Crippen LogP contribution in [0.4, 0.5) is 14.7 Å². The summed E-state index contributed by atoms with van der Waals surface area (Å²) < 4.78 is 32.6. The number of anilines is 1. The van der Waals surface area contributed by atoms with Crippen molar-refractivity contribution in [2.24, 2.45) is 0 Å². The molecule has 4 aromatic rings. The average molecular weight is 427 g/mol. The summed E-state index contributed by atoms with van der Waals surface area (Å²) in [5.74, 6) is -1.89. The second kappa shape index (κ2) is 8.38. The predicted molar refractivity (Wildman–Crippen MR) is 107 cm³/mol. The van der Waals surface area contributed by atoms with Gasteiger partial charge < -0.3 is 4.52 Å². The normalized spacial score (nSPS) is 10.8. The first-order chi connectivity index (χ1) is 14.5. The first kappa shape index (κ1) is 19.7. The largest absolute Gasteiger partial charge is 0.337 e. The molecular formula is C21H13ClF2N4O2. The SMILES string of the molecule is O=C(Cc1cc(F)ccc1F)Nc1onc(-c2ccc(Cl)cc2)c1-c1ccncn1. The molecule has 0 aliphatic carbocycles.